The molecule has 1 N–H and O–H groups in total. The van der Waals surface area contributed by atoms with Crippen LogP contribution in [0.3, 0.4) is 0 Å². The van der Waals surface area contributed by atoms with Crippen LogP contribution in [0.2, 0.25) is 0 Å². The van der Waals surface area contributed by atoms with Gasteiger partial charge in [-0.3, -0.25) is 0 Å². The fourth-order valence-corrected chi connectivity index (χ4v) is 3.15. The lowest BCUT2D eigenvalue weighted by atomic mass is 9.87. The van der Waals surface area contributed by atoms with Crippen LogP contribution in [0.4, 0.5) is 5.69 Å². The molecule has 1 fully saturated rings. The van der Waals surface area contributed by atoms with E-state index in [1.807, 2.05) is 0 Å². The molecule has 1 aromatic carbocycles. The fourth-order valence-electron chi connectivity index (χ4n) is 3.15. The summed E-state index contributed by atoms with van der Waals surface area (Å²) in [5.74, 6) is 0.664. The Balaban J connectivity index is 2.23. The molecule has 2 unspecified atom stereocenters. The van der Waals surface area contributed by atoms with Gasteiger partial charge in [0.15, 0.2) is 0 Å². The molecule has 1 aliphatic rings. The van der Waals surface area contributed by atoms with Gasteiger partial charge in [0.1, 0.15) is 0 Å². The molecule has 118 valence electrons. The van der Waals surface area contributed by atoms with Crippen molar-refractivity contribution in [3.8, 4) is 0 Å². The third kappa shape index (κ3) is 3.79. The molecule has 2 nitrogen and oxygen atoms in total. The molecular weight excluding hydrogens is 256 g/mol. The molecular formula is C19H32N2. The third-order valence-electron chi connectivity index (χ3n) is 4.76. The van der Waals surface area contributed by atoms with Gasteiger partial charge in [0.25, 0.3) is 0 Å². The lowest BCUT2D eigenvalue weighted by molar-refractivity contribution is 0.333. The Morgan fingerprint density at radius 1 is 1.19 bits per heavy atom. The average Bonchev–Trinajstić information content (AvgIpc) is 2.45. The highest BCUT2D eigenvalue weighted by Gasteiger charge is 2.29. The summed E-state index contributed by atoms with van der Waals surface area (Å²) in [4.78, 5) is 2.61. The summed E-state index contributed by atoms with van der Waals surface area (Å²) >= 11 is 0. The van der Waals surface area contributed by atoms with Crippen molar-refractivity contribution in [2.75, 3.05) is 18.0 Å². The molecule has 0 bridgehead atoms. The first kappa shape index (κ1) is 16.4. The van der Waals surface area contributed by atoms with Gasteiger partial charge in [-0.2, -0.15) is 0 Å². The van der Waals surface area contributed by atoms with Gasteiger partial charge in [-0.25, -0.2) is 0 Å². The largest absolute Gasteiger partial charge is 0.365 e. The van der Waals surface area contributed by atoms with E-state index in [0.717, 1.165) is 13.1 Å². The van der Waals surface area contributed by atoms with Crippen LogP contribution in [0, 0.1) is 5.92 Å². The van der Waals surface area contributed by atoms with Crippen LogP contribution in [0.1, 0.15) is 53.5 Å². The van der Waals surface area contributed by atoms with Crippen molar-refractivity contribution in [1.29, 1.82) is 0 Å². The van der Waals surface area contributed by atoms with E-state index in [0.29, 0.717) is 18.0 Å². The summed E-state index contributed by atoms with van der Waals surface area (Å²) in [6.07, 6.45) is 1.20. The van der Waals surface area contributed by atoms with Crippen molar-refractivity contribution < 1.29 is 0 Å². The second-order valence-corrected chi connectivity index (χ2v) is 7.77. The molecule has 1 saturated heterocycles. The topological polar surface area (TPSA) is 15.3 Å². The van der Waals surface area contributed by atoms with Crippen LogP contribution >= 0.6 is 0 Å². The summed E-state index contributed by atoms with van der Waals surface area (Å²) in [6, 6.07) is 10.4. The highest BCUT2D eigenvalue weighted by Crippen LogP contribution is 2.28. The minimum Gasteiger partial charge on any atom is -0.365 e. The standard InChI is InChI=1S/C19H32N2/c1-7-16-13-21(18(12-20-16)14(2)3)17-10-8-15(9-11-17)19(4,5)6/h8-11,14,16,18,20H,7,12-13H2,1-6H3. The van der Waals surface area contributed by atoms with E-state index in [9.17, 15) is 0 Å². The minimum absolute atomic E-state index is 0.228. The smallest absolute Gasteiger partial charge is 0.0438 e. The summed E-state index contributed by atoms with van der Waals surface area (Å²) in [5, 5.41) is 3.69. The zero-order valence-electron chi connectivity index (χ0n) is 14.6. The Bertz CT molecular complexity index is 442. The van der Waals surface area contributed by atoms with Crippen LogP contribution in [-0.4, -0.2) is 25.2 Å². The molecule has 2 atom stereocenters. The zero-order valence-corrected chi connectivity index (χ0v) is 14.6. The van der Waals surface area contributed by atoms with Crippen molar-refractivity contribution >= 4 is 5.69 Å². The quantitative estimate of drug-likeness (QED) is 0.897. The van der Waals surface area contributed by atoms with Crippen molar-refractivity contribution in [1.82, 2.24) is 5.32 Å². The molecule has 0 amide bonds. The Kier molecular flexibility index (Phi) is 4.98. The molecule has 0 aliphatic carbocycles. The monoisotopic (exact) mass is 288 g/mol. The van der Waals surface area contributed by atoms with Gasteiger partial charge in [0.05, 0.1) is 0 Å². The Morgan fingerprint density at radius 3 is 2.29 bits per heavy atom. The van der Waals surface area contributed by atoms with Crippen molar-refractivity contribution in [2.24, 2.45) is 5.92 Å². The van der Waals surface area contributed by atoms with E-state index < -0.39 is 0 Å². The summed E-state index contributed by atoms with van der Waals surface area (Å²) < 4.78 is 0. The number of hydrogen-bond acceptors (Lipinski definition) is 2. The highest BCUT2D eigenvalue weighted by molar-refractivity contribution is 5.50. The highest BCUT2D eigenvalue weighted by atomic mass is 15.2. The van der Waals surface area contributed by atoms with Gasteiger partial charge in [0.2, 0.25) is 0 Å². The molecule has 1 aromatic rings. The molecule has 0 aromatic heterocycles. The number of piperazine rings is 1. The third-order valence-corrected chi connectivity index (χ3v) is 4.76. The first-order valence-corrected chi connectivity index (χ1v) is 8.43. The van der Waals surface area contributed by atoms with E-state index >= 15 is 0 Å². The first-order valence-electron chi connectivity index (χ1n) is 8.43. The fraction of sp³-hybridized carbons (Fsp3) is 0.684. The van der Waals surface area contributed by atoms with Gasteiger partial charge >= 0.3 is 0 Å². The maximum absolute atomic E-state index is 3.69. The number of nitrogens with zero attached hydrogens (tertiary/aromatic N) is 1. The molecule has 0 spiro atoms. The van der Waals surface area contributed by atoms with E-state index in [1.165, 1.54) is 17.7 Å². The number of benzene rings is 1. The van der Waals surface area contributed by atoms with Crippen molar-refractivity contribution in [2.45, 2.75) is 65.5 Å². The molecule has 2 rings (SSSR count). The number of hydrogen-bond donors (Lipinski definition) is 1. The van der Waals surface area contributed by atoms with Gasteiger partial charge in [-0.15, -0.1) is 0 Å². The maximum Gasteiger partial charge on any atom is 0.0438 e. The Hall–Kier alpha value is -1.02. The van der Waals surface area contributed by atoms with Crippen LogP contribution in [0.5, 0.6) is 0 Å². The SMILES string of the molecule is CCC1CN(c2ccc(C(C)(C)C)cc2)C(C(C)C)CN1. The second kappa shape index (κ2) is 6.39. The van der Waals surface area contributed by atoms with Gasteiger partial charge in [-0.1, -0.05) is 53.7 Å². The van der Waals surface area contributed by atoms with E-state index in [-0.39, 0.29) is 5.41 Å². The van der Waals surface area contributed by atoms with Crippen LogP contribution in [0.25, 0.3) is 0 Å². The van der Waals surface area contributed by atoms with E-state index in [4.69, 9.17) is 0 Å². The zero-order chi connectivity index (χ0) is 15.6. The van der Waals surface area contributed by atoms with Gasteiger partial charge in [-0.05, 0) is 35.4 Å². The molecule has 1 aliphatic heterocycles. The Morgan fingerprint density at radius 2 is 1.81 bits per heavy atom. The van der Waals surface area contributed by atoms with E-state index in [2.05, 4.69) is 76.0 Å². The first-order chi connectivity index (χ1) is 9.82. The molecule has 0 radical (unpaired) electrons. The predicted molar refractivity (Wildman–Crippen MR) is 93.2 cm³/mol. The van der Waals surface area contributed by atoms with Crippen LogP contribution in [-0.2, 0) is 5.41 Å². The molecule has 1 heterocycles. The number of nitrogens with one attached hydrogen (secondary N) is 1. The van der Waals surface area contributed by atoms with Crippen molar-refractivity contribution in [3.63, 3.8) is 0 Å². The normalized spacial score (nSPS) is 23.7. The summed E-state index contributed by atoms with van der Waals surface area (Å²) in [6.45, 7) is 16.0. The summed E-state index contributed by atoms with van der Waals surface area (Å²) in [5.41, 5.74) is 3.02. The van der Waals surface area contributed by atoms with Crippen LogP contribution in [0.15, 0.2) is 24.3 Å². The Labute approximate surface area is 130 Å². The predicted octanol–water partition coefficient (Wildman–Crippen LogP) is 4.20. The molecule has 2 heteroatoms. The number of anilines is 1. The van der Waals surface area contributed by atoms with Gasteiger partial charge < -0.3 is 10.2 Å². The molecule has 21 heavy (non-hydrogen) atoms. The summed E-state index contributed by atoms with van der Waals surface area (Å²) in [7, 11) is 0. The maximum atomic E-state index is 3.69. The average molecular weight is 288 g/mol. The van der Waals surface area contributed by atoms with Crippen molar-refractivity contribution in [3.05, 3.63) is 29.8 Å². The lowest BCUT2D eigenvalue weighted by Gasteiger charge is -2.44. The van der Waals surface area contributed by atoms with E-state index in [1.54, 1.807) is 0 Å². The minimum atomic E-state index is 0.228. The lowest BCUT2D eigenvalue weighted by Crippen LogP contribution is -2.58. The second-order valence-electron chi connectivity index (χ2n) is 7.77. The van der Waals surface area contributed by atoms with Crippen LogP contribution < -0.4 is 10.2 Å². The number of rotatable bonds is 3. The van der Waals surface area contributed by atoms with Gasteiger partial charge in [0, 0.05) is 30.9 Å². The molecule has 0 saturated carbocycles.